The van der Waals surface area contributed by atoms with Crippen molar-refractivity contribution in [3.63, 3.8) is 0 Å². The summed E-state index contributed by atoms with van der Waals surface area (Å²) in [4.78, 5) is 4.28. The van der Waals surface area contributed by atoms with Crippen molar-refractivity contribution in [3.05, 3.63) is 51.7 Å². The number of aromatic nitrogens is 1. The zero-order valence-electron chi connectivity index (χ0n) is 11.4. The van der Waals surface area contributed by atoms with Gasteiger partial charge in [-0.2, -0.15) is 0 Å². The number of rotatable bonds is 6. The highest BCUT2D eigenvalue weighted by molar-refractivity contribution is 14.1. The molecule has 0 aliphatic heterocycles. The van der Waals surface area contributed by atoms with Gasteiger partial charge in [0.1, 0.15) is 6.61 Å². The molecular formula is C14H17IN4O. The molecule has 106 valence electrons. The highest BCUT2D eigenvalue weighted by Gasteiger charge is 2.03. The Bertz CT molecular complexity index is 526. The van der Waals surface area contributed by atoms with Crippen molar-refractivity contribution in [1.82, 2.24) is 15.8 Å². The van der Waals surface area contributed by atoms with E-state index in [-0.39, 0.29) is 0 Å². The molecule has 20 heavy (non-hydrogen) atoms. The second-order valence-corrected chi connectivity index (χ2v) is 5.30. The van der Waals surface area contributed by atoms with E-state index >= 15 is 0 Å². The SMILES string of the molecule is CNN(NC)c1ccc(OCc2ccc(I)cc2)nc1. The molecular weight excluding hydrogens is 367 g/mol. The van der Waals surface area contributed by atoms with Crippen molar-refractivity contribution in [2.45, 2.75) is 6.61 Å². The first-order valence-corrected chi connectivity index (χ1v) is 7.29. The second kappa shape index (κ2) is 7.41. The summed E-state index contributed by atoms with van der Waals surface area (Å²) in [5.41, 5.74) is 8.02. The maximum atomic E-state index is 5.66. The average Bonchev–Trinajstić information content (AvgIpc) is 2.49. The molecule has 2 rings (SSSR count). The fraction of sp³-hybridized carbons (Fsp3) is 0.214. The van der Waals surface area contributed by atoms with Gasteiger partial charge in [0.2, 0.25) is 5.88 Å². The lowest BCUT2D eigenvalue weighted by Gasteiger charge is -2.21. The standard InChI is InChI=1S/C14H17IN4O/c1-16-19(17-2)13-7-8-14(18-9-13)20-10-11-3-5-12(15)6-4-11/h3-9,16-17H,10H2,1-2H3. The van der Waals surface area contributed by atoms with Crippen molar-refractivity contribution in [2.24, 2.45) is 0 Å². The molecule has 1 aromatic carbocycles. The number of hydrogen-bond acceptors (Lipinski definition) is 5. The number of pyridine rings is 1. The molecule has 2 aromatic rings. The van der Waals surface area contributed by atoms with Crippen LogP contribution >= 0.6 is 22.6 Å². The Hall–Kier alpha value is -1.38. The zero-order valence-corrected chi connectivity index (χ0v) is 13.6. The minimum Gasteiger partial charge on any atom is -0.473 e. The molecule has 0 bridgehead atoms. The van der Waals surface area contributed by atoms with Gasteiger partial charge in [-0.1, -0.05) is 12.1 Å². The van der Waals surface area contributed by atoms with E-state index < -0.39 is 0 Å². The zero-order chi connectivity index (χ0) is 14.4. The van der Waals surface area contributed by atoms with E-state index in [0.717, 1.165) is 11.3 Å². The maximum Gasteiger partial charge on any atom is 0.213 e. The van der Waals surface area contributed by atoms with Gasteiger partial charge < -0.3 is 4.74 Å². The van der Waals surface area contributed by atoms with Gasteiger partial charge in [0.15, 0.2) is 0 Å². The Labute approximate surface area is 132 Å². The minimum absolute atomic E-state index is 0.519. The molecule has 0 aliphatic carbocycles. The van der Waals surface area contributed by atoms with Gasteiger partial charge in [0, 0.05) is 23.7 Å². The third kappa shape index (κ3) is 4.06. The van der Waals surface area contributed by atoms with Gasteiger partial charge in [-0.25, -0.2) is 21.0 Å². The normalized spacial score (nSPS) is 10.3. The van der Waals surface area contributed by atoms with Gasteiger partial charge in [0.25, 0.3) is 0 Å². The Morgan fingerprint density at radius 1 is 1.10 bits per heavy atom. The molecule has 0 atom stereocenters. The van der Waals surface area contributed by atoms with Crippen LogP contribution in [0.3, 0.4) is 0 Å². The second-order valence-electron chi connectivity index (χ2n) is 4.05. The van der Waals surface area contributed by atoms with E-state index in [4.69, 9.17) is 4.74 Å². The molecule has 2 N–H and O–H groups in total. The van der Waals surface area contributed by atoms with Crippen LogP contribution in [0.4, 0.5) is 5.69 Å². The first-order valence-electron chi connectivity index (χ1n) is 6.21. The lowest BCUT2D eigenvalue weighted by molar-refractivity contribution is 0.294. The maximum absolute atomic E-state index is 5.66. The lowest BCUT2D eigenvalue weighted by Crippen LogP contribution is -2.44. The van der Waals surface area contributed by atoms with Crippen LogP contribution in [0.1, 0.15) is 5.56 Å². The monoisotopic (exact) mass is 384 g/mol. The summed E-state index contributed by atoms with van der Waals surface area (Å²) in [5, 5.41) is 1.76. The summed E-state index contributed by atoms with van der Waals surface area (Å²) < 4.78 is 6.88. The molecule has 0 saturated heterocycles. The summed E-state index contributed by atoms with van der Waals surface area (Å²) in [7, 11) is 3.66. The van der Waals surface area contributed by atoms with E-state index in [1.54, 1.807) is 11.3 Å². The Balaban J connectivity index is 1.95. The van der Waals surface area contributed by atoms with Gasteiger partial charge in [-0.15, -0.1) is 0 Å². The molecule has 0 radical (unpaired) electrons. The molecule has 0 unspecified atom stereocenters. The summed E-state index contributed by atoms with van der Waals surface area (Å²) in [6.07, 6.45) is 1.75. The van der Waals surface area contributed by atoms with Crippen LogP contribution in [0, 0.1) is 3.57 Å². The molecule has 6 heteroatoms. The van der Waals surface area contributed by atoms with Crippen LogP contribution in [0.15, 0.2) is 42.6 Å². The summed E-state index contributed by atoms with van der Waals surface area (Å²) in [5.74, 6) is 0.611. The Morgan fingerprint density at radius 2 is 1.80 bits per heavy atom. The first kappa shape index (κ1) is 15.0. The average molecular weight is 384 g/mol. The number of hydrazine groups is 2. The largest absolute Gasteiger partial charge is 0.473 e. The van der Waals surface area contributed by atoms with Crippen molar-refractivity contribution in [1.29, 1.82) is 0 Å². The molecule has 0 aliphatic rings. The number of nitrogens with one attached hydrogen (secondary N) is 2. The van der Waals surface area contributed by atoms with Crippen molar-refractivity contribution < 1.29 is 4.74 Å². The predicted octanol–water partition coefficient (Wildman–Crippen LogP) is 2.34. The predicted molar refractivity (Wildman–Crippen MR) is 88.3 cm³/mol. The summed E-state index contributed by atoms with van der Waals surface area (Å²) in [6, 6.07) is 12.0. The highest BCUT2D eigenvalue weighted by atomic mass is 127. The highest BCUT2D eigenvalue weighted by Crippen LogP contribution is 2.15. The van der Waals surface area contributed by atoms with E-state index in [9.17, 15) is 0 Å². The van der Waals surface area contributed by atoms with Crippen LogP contribution in [0.25, 0.3) is 0 Å². The van der Waals surface area contributed by atoms with Crippen LogP contribution < -0.4 is 20.7 Å². The van der Waals surface area contributed by atoms with Gasteiger partial charge in [-0.3, -0.25) is 0 Å². The quantitative estimate of drug-likeness (QED) is 0.592. The molecule has 0 saturated carbocycles. The minimum atomic E-state index is 0.519. The van der Waals surface area contributed by atoms with Gasteiger partial charge in [0.05, 0.1) is 11.9 Å². The molecule has 0 amide bonds. The van der Waals surface area contributed by atoms with Crippen LogP contribution in [0.5, 0.6) is 5.88 Å². The van der Waals surface area contributed by atoms with Crippen molar-refractivity contribution >= 4 is 28.3 Å². The van der Waals surface area contributed by atoms with Gasteiger partial charge >= 0.3 is 0 Å². The summed E-state index contributed by atoms with van der Waals surface area (Å²) >= 11 is 2.28. The topological polar surface area (TPSA) is 49.4 Å². The third-order valence-corrected chi connectivity index (χ3v) is 3.45. The first-order chi connectivity index (χ1) is 9.72. The van der Waals surface area contributed by atoms with Crippen LogP contribution in [-0.4, -0.2) is 19.1 Å². The van der Waals surface area contributed by atoms with E-state index in [0.29, 0.717) is 12.5 Å². The van der Waals surface area contributed by atoms with E-state index in [1.807, 2.05) is 26.2 Å². The number of hydrogen-bond donors (Lipinski definition) is 2. The fourth-order valence-electron chi connectivity index (χ4n) is 1.70. The number of ether oxygens (including phenoxy) is 1. The fourth-order valence-corrected chi connectivity index (χ4v) is 2.06. The number of halogens is 1. The molecule has 5 nitrogen and oxygen atoms in total. The third-order valence-electron chi connectivity index (χ3n) is 2.73. The van der Waals surface area contributed by atoms with E-state index in [2.05, 4.69) is 62.7 Å². The summed E-state index contributed by atoms with van der Waals surface area (Å²) in [6.45, 7) is 0.519. The number of nitrogens with zero attached hydrogens (tertiary/aromatic N) is 2. The van der Waals surface area contributed by atoms with Crippen LogP contribution in [-0.2, 0) is 6.61 Å². The molecule has 0 fully saturated rings. The Kier molecular flexibility index (Phi) is 5.57. The van der Waals surface area contributed by atoms with E-state index in [1.165, 1.54) is 3.57 Å². The van der Waals surface area contributed by atoms with Crippen molar-refractivity contribution in [3.8, 4) is 5.88 Å². The smallest absolute Gasteiger partial charge is 0.213 e. The van der Waals surface area contributed by atoms with Crippen LogP contribution in [0.2, 0.25) is 0 Å². The number of anilines is 1. The lowest BCUT2D eigenvalue weighted by atomic mass is 10.2. The number of benzene rings is 1. The van der Waals surface area contributed by atoms with Gasteiger partial charge in [-0.05, 0) is 46.4 Å². The molecule has 0 spiro atoms. The van der Waals surface area contributed by atoms with Crippen molar-refractivity contribution in [2.75, 3.05) is 19.2 Å². The molecule has 1 aromatic heterocycles. The molecule has 1 heterocycles. The Morgan fingerprint density at radius 3 is 2.35 bits per heavy atom.